The summed E-state index contributed by atoms with van der Waals surface area (Å²) in [7, 11) is -1.76. The maximum atomic E-state index is 13.0. The van der Waals surface area contributed by atoms with Crippen LogP contribution in [0.15, 0.2) is 35.5 Å². The van der Waals surface area contributed by atoms with Gasteiger partial charge in [-0.25, -0.2) is 12.8 Å². The second-order valence-corrected chi connectivity index (χ2v) is 7.39. The number of hydrogen-bond donors (Lipinski definition) is 0. The van der Waals surface area contributed by atoms with E-state index in [2.05, 4.69) is 10.2 Å². The topological polar surface area (TPSA) is 68.1 Å². The van der Waals surface area contributed by atoms with Gasteiger partial charge in [-0.15, -0.1) is 10.2 Å². The lowest BCUT2D eigenvalue weighted by molar-refractivity contribution is 0.306. The minimum atomic E-state index is -3.61. The molecule has 2 aromatic rings. The molecule has 22 heavy (non-hydrogen) atoms. The highest BCUT2D eigenvalue weighted by Crippen LogP contribution is 2.29. The first-order valence-corrected chi connectivity index (χ1v) is 8.52. The van der Waals surface area contributed by atoms with E-state index < -0.39 is 15.8 Å². The molecule has 0 aliphatic carbocycles. The van der Waals surface area contributed by atoms with Gasteiger partial charge < -0.3 is 4.57 Å². The van der Waals surface area contributed by atoms with Gasteiger partial charge in [-0.3, -0.25) is 0 Å². The summed E-state index contributed by atoms with van der Waals surface area (Å²) in [5.74, 6) is 0.366. The number of aryl methyl sites for hydroxylation is 1. The normalized spacial score (nSPS) is 20.2. The summed E-state index contributed by atoms with van der Waals surface area (Å²) in [6.07, 6.45) is 3.25. The minimum Gasteiger partial charge on any atom is -0.320 e. The lowest BCUT2D eigenvalue weighted by atomic mass is 9.99. The molecule has 1 atom stereocenters. The van der Waals surface area contributed by atoms with Crippen molar-refractivity contribution in [3.8, 4) is 0 Å². The summed E-state index contributed by atoms with van der Waals surface area (Å²) >= 11 is 0. The van der Waals surface area contributed by atoms with Gasteiger partial charge in [0.05, 0.1) is 4.90 Å². The predicted molar refractivity (Wildman–Crippen MR) is 78.1 cm³/mol. The van der Waals surface area contributed by atoms with E-state index in [9.17, 15) is 12.8 Å². The van der Waals surface area contributed by atoms with Crippen molar-refractivity contribution in [2.45, 2.75) is 23.7 Å². The summed E-state index contributed by atoms with van der Waals surface area (Å²) in [6.45, 7) is 0.834. The van der Waals surface area contributed by atoms with E-state index in [4.69, 9.17) is 0 Å². The summed E-state index contributed by atoms with van der Waals surface area (Å²) < 4.78 is 41.6. The fourth-order valence-electron chi connectivity index (χ4n) is 2.79. The number of rotatable bonds is 3. The quantitative estimate of drug-likeness (QED) is 0.858. The third kappa shape index (κ3) is 2.76. The van der Waals surface area contributed by atoms with Gasteiger partial charge >= 0.3 is 0 Å². The van der Waals surface area contributed by atoms with Gasteiger partial charge in [0.15, 0.2) is 0 Å². The third-order valence-corrected chi connectivity index (χ3v) is 5.83. The van der Waals surface area contributed by atoms with Crippen LogP contribution in [0.25, 0.3) is 0 Å². The first-order chi connectivity index (χ1) is 10.5. The SMILES string of the molecule is Cn1cnnc1[C@H]1CCCN(S(=O)(=O)c2ccc(F)cc2)C1. The zero-order valence-electron chi connectivity index (χ0n) is 12.2. The molecule has 0 N–H and O–H groups in total. The first kappa shape index (κ1) is 15.1. The average Bonchev–Trinajstić information content (AvgIpc) is 2.94. The molecule has 118 valence electrons. The molecule has 2 heterocycles. The summed E-state index contributed by atoms with van der Waals surface area (Å²) in [5.41, 5.74) is 0. The molecule has 3 rings (SSSR count). The van der Waals surface area contributed by atoms with Crippen LogP contribution in [0.3, 0.4) is 0 Å². The van der Waals surface area contributed by atoms with Crippen LogP contribution in [0, 0.1) is 5.82 Å². The summed E-state index contributed by atoms with van der Waals surface area (Å²) in [5, 5.41) is 7.94. The number of nitrogens with zero attached hydrogens (tertiary/aromatic N) is 4. The van der Waals surface area contributed by atoms with Gasteiger partial charge in [0, 0.05) is 26.1 Å². The van der Waals surface area contributed by atoms with Crippen LogP contribution in [-0.2, 0) is 17.1 Å². The van der Waals surface area contributed by atoms with E-state index in [1.165, 1.54) is 16.4 Å². The molecule has 8 heteroatoms. The summed E-state index contributed by atoms with van der Waals surface area (Å²) in [4.78, 5) is 0.118. The average molecular weight is 324 g/mol. The van der Waals surface area contributed by atoms with Crippen molar-refractivity contribution < 1.29 is 12.8 Å². The van der Waals surface area contributed by atoms with E-state index in [0.717, 1.165) is 30.8 Å². The lowest BCUT2D eigenvalue weighted by Gasteiger charge is -2.31. The van der Waals surface area contributed by atoms with Crippen LogP contribution in [0.5, 0.6) is 0 Å². The molecule has 1 aromatic heterocycles. The second-order valence-electron chi connectivity index (χ2n) is 5.46. The van der Waals surface area contributed by atoms with E-state index in [0.29, 0.717) is 13.1 Å². The van der Waals surface area contributed by atoms with E-state index in [-0.39, 0.29) is 10.8 Å². The van der Waals surface area contributed by atoms with Gasteiger partial charge in [-0.2, -0.15) is 4.31 Å². The van der Waals surface area contributed by atoms with Crippen LogP contribution in [0.1, 0.15) is 24.6 Å². The maximum absolute atomic E-state index is 13.0. The van der Waals surface area contributed by atoms with E-state index in [1.807, 2.05) is 11.6 Å². The molecule has 0 amide bonds. The molecular formula is C14H17FN4O2S. The highest BCUT2D eigenvalue weighted by atomic mass is 32.2. The van der Waals surface area contributed by atoms with Gasteiger partial charge in [-0.05, 0) is 37.1 Å². The largest absolute Gasteiger partial charge is 0.320 e. The molecule has 6 nitrogen and oxygen atoms in total. The first-order valence-electron chi connectivity index (χ1n) is 7.08. The van der Waals surface area contributed by atoms with Crippen molar-refractivity contribution in [3.05, 3.63) is 42.2 Å². The van der Waals surface area contributed by atoms with Crippen molar-refractivity contribution in [3.63, 3.8) is 0 Å². The Morgan fingerprint density at radius 1 is 1.27 bits per heavy atom. The molecular weight excluding hydrogens is 307 g/mol. The molecule has 0 unspecified atom stereocenters. The Hall–Kier alpha value is -1.80. The zero-order chi connectivity index (χ0) is 15.7. The maximum Gasteiger partial charge on any atom is 0.243 e. The number of benzene rings is 1. The molecule has 0 radical (unpaired) electrons. The molecule has 0 saturated carbocycles. The van der Waals surface area contributed by atoms with Crippen molar-refractivity contribution in [2.24, 2.45) is 7.05 Å². The van der Waals surface area contributed by atoms with Gasteiger partial charge in [-0.1, -0.05) is 0 Å². The van der Waals surface area contributed by atoms with Crippen molar-refractivity contribution >= 4 is 10.0 Å². The Labute approximate surface area is 128 Å². The molecule has 1 fully saturated rings. The molecule has 1 aromatic carbocycles. The Morgan fingerprint density at radius 3 is 2.64 bits per heavy atom. The molecule has 1 aliphatic heterocycles. The number of halogens is 1. The lowest BCUT2D eigenvalue weighted by Crippen LogP contribution is -2.39. The Kier molecular flexibility index (Phi) is 3.96. The molecule has 0 spiro atoms. The summed E-state index contributed by atoms with van der Waals surface area (Å²) in [6, 6.07) is 4.93. The Balaban J connectivity index is 1.85. The van der Waals surface area contributed by atoms with E-state index >= 15 is 0 Å². The second kappa shape index (κ2) is 5.77. The van der Waals surface area contributed by atoms with Gasteiger partial charge in [0.1, 0.15) is 18.0 Å². The third-order valence-electron chi connectivity index (χ3n) is 3.95. The molecule has 0 bridgehead atoms. The van der Waals surface area contributed by atoms with Crippen LogP contribution < -0.4 is 0 Å². The molecule has 1 saturated heterocycles. The monoisotopic (exact) mass is 324 g/mol. The number of piperidine rings is 1. The predicted octanol–water partition coefficient (Wildman–Crippen LogP) is 1.52. The number of aromatic nitrogens is 3. The minimum absolute atomic E-state index is 0.0245. The Bertz CT molecular complexity index is 757. The standard InChI is InChI=1S/C14H17FN4O2S/c1-18-10-16-17-14(18)11-3-2-8-19(9-11)22(20,21)13-6-4-12(15)5-7-13/h4-7,10-11H,2-3,8-9H2,1H3/t11-/m0/s1. The van der Waals surface area contributed by atoms with Crippen LogP contribution in [0.2, 0.25) is 0 Å². The number of hydrogen-bond acceptors (Lipinski definition) is 4. The van der Waals surface area contributed by atoms with Crippen molar-refractivity contribution in [2.75, 3.05) is 13.1 Å². The zero-order valence-corrected chi connectivity index (χ0v) is 13.0. The van der Waals surface area contributed by atoms with Crippen LogP contribution >= 0.6 is 0 Å². The van der Waals surface area contributed by atoms with Crippen LogP contribution in [0.4, 0.5) is 4.39 Å². The van der Waals surface area contributed by atoms with E-state index in [1.54, 1.807) is 6.33 Å². The van der Waals surface area contributed by atoms with Gasteiger partial charge in [0.2, 0.25) is 10.0 Å². The van der Waals surface area contributed by atoms with Crippen molar-refractivity contribution in [1.82, 2.24) is 19.1 Å². The van der Waals surface area contributed by atoms with Crippen LogP contribution in [-0.4, -0.2) is 40.6 Å². The highest BCUT2D eigenvalue weighted by Gasteiger charge is 2.32. The molecule has 1 aliphatic rings. The van der Waals surface area contributed by atoms with Gasteiger partial charge in [0.25, 0.3) is 0 Å². The fraction of sp³-hybridized carbons (Fsp3) is 0.429. The fourth-order valence-corrected chi connectivity index (χ4v) is 4.31. The van der Waals surface area contributed by atoms with Crippen molar-refractivity contribution in [1.29, 1.82) is 0 Å². The Morgan fingerprint density at radius 2 is 2.00 bits per heavy atom. The highest BCUT2D eigenvalue weighted by molar-refractivity contribution is 7.89. The number of sulfonamides is 1. The smallest absolute Gasteiger partial charge is 0.243 e.